The van der Waals surface area contributed by atoms with E-state index in [1.165, 1.54) is 0 Å². The van der Waals surface area contributed by atoms with Crippen LogP contribution >= 0.6 is 35.1 Å². The third-order valence-electron chi connectivity index (χ3n) is 4.64. The Morgan fingerprint density at radius 2 is 2.04 bits per heavy atom. The predicted molar refractivity (Wildman–Crippen MR) is 104 cm³/mol. The molecule has 3 aromatic rings. The molecule has 0 saturated carbocycles. The van der Waals surface area contributed by atoms with Gasteiger partial charge in [-0.2, -0.15) is 4.98 Å². The van der Waals surface area contributed by atoms with Gasteiger partial charge in [-0.25, -0.2) is 4.98 Å². The average Bonchev–Trinajstić information content (AvgIpc) is 2.91. The Hall–Kier alpha value is -1.18. The summed E-state index contributed by atoms with van der Waals surface area (Å²) in [5.41, 5.74) is 1.95. The highest BCUT2D eigenvalue weighted by molar-refractivity contribution is 9.10. The van der Waals surface area contributed by atoms with Crippen LogP contribution in [0.15, 0.2) is 27.1 Å². The van der Waals surface area contributed by atoms with Crippen LogP contribution in [0.1, 0.15) is 12.8 Å². The fourth-order valence-corrected chi connectivity index (χ4v) is 5.02. The summed E-state index contributed by atoms with van der Waals surface area (Å²) in [4.78, 5) is 29.1. The molecule has 0 radical (unpaired) electrons. The second kappa shape index (κ2) is 6.77. The number of aromatic nitrogens is 2. The molecule has 1 aliphatic rings. The highest BCUT2D eigenvalue weighted by Crippen LogP contribution is 2.41. The Labute approximate surface area is 162 Å². The fraction of sp³-hybridized carbons (Fsp3) is 0.375. The van der Waals surface area contributed by atoms with Gasteiger partial charge in [0.1, 0.15) is 11.1 Å². The molecule has 10 heteroatoms. The Kier molecular flexibility index (Phi) is 4.73. The minimum absolute atomic E-state index is 0.00603. The summed E-state index contributed by atoms with van der Waals surface area (Å²) in [7, 11) is -3.99. The van der Waals surface area contributed by atoms with Crippen LogP contribution in [0.3, 0.4) is 0 Å². The lowest BCUT2D eigenvalue weighted by molar-refractivity contribution is 0.346. The molecule has 3 heterocycles. The van der Waals surface area contributed by atoms with Crippen LogP contribution in [0.5, 0.6) is 0 Å². The van der Waals surface area contributed by atoms with E-state index in [9.17, 15) is 14.4 Å². The summed E-state index contributed by atoms with van der Waals surface area (Å²) in [6, 6.07) is 5.69. The van der Waals surface area contributed by atoms with Gasteiger partial charge in [-0.15, -0.1) is 0 Å². The average molecular weight is 461 g/mol. The van der Waals surface area contributed by atoms with E-state index in [1.807, 2.05) is 23.1 Å². The van der Waals surface area contributed by atoms with Crippen molar-refractivity contribution in [2.45, 2.75) is 12.8 Å². The SMILES string of the molecule is O=P(O)(O)CC1CCN(c2nc(Cl)nc3c2oc2ccc(Br)cc23)CC1. The molecule has 4 rings (SSSR count). The smallest absolute Gasteiger partial charge is 0.325 e. The molecule has 1 aromatic carbocycles. The third kappa shape index (κ3) is 3.62. The first-order valence-corrected chi connectivity index (χ1v) is 11.1. The zero-order valence-electron chi connectivity index (χ0n) is 13.6. The van der Waals surface area contributed by atoms with E-state index in [1.54, 1.807) is 0 Å². The van der Waals surface area contributed by atoms with Gasteiger partial charge in [0, 0.05) is 22.9 Å². The summed E-state index contributed by atoms with van der Waals surface area (Å²) in [6.07, 6.45) is 1.29. The fourth-order valence-electron chi connectivity index (χ4n) is 3.45. The molecular formula is C16H16BrClN3O4P. The minimum Gasteiger partial charge on any atom is -0.450 e. The van der Waals surface area contributed by atoms with Gasteiger partial charge >= 0.3 is 7.60 Å². The molecule has 2 N–H and O–H groups in total. The van der Waals surface area contributed by atoms with Crippen LogP contribution in [0.25, 0.3) is 22.1 Å². The monoisotopic (exact) mass is 459 g/mol. The molecule has 26 heavy (non-hydrogen) atoms. The number of furan rings is 1. The summed E-state index contributed by atoms with van der Waals surface area (Å²) >= 11 is 9.61. The van der Waals surface area contributed by atoms with Gasteiger partial charge in [0.15, 0.2) is 11.4 Å². The predicted octanol–water partition coefficient (Wildman–Crippen LogP) is 4.19. The lowest BCUT2D eigenvalue weighted by Gasteiger charge is -2.32. The first-order chi connectivity index (χ1) is 12.3. The topological polar surface area (TPSA) is 99.7 Å². The number of fused-ring (bicyclic) bond motifs is 3. The van der Waals surface area contributed by atoms with E-state index in [0.29, 0.717) is 48.4 Å². The van der Waals surface area contributed by atoms with Crippen LogP contribution in [0, 0.1) is 5.92 Å². The van der Waals surface area contributed by atoms with Crippen molar-refractivity contribution >= 4 is 63.0 Å². The van der Waals surface area contributed by atoms with Crippen LogP contribution < -0.4 is 4.90 Å². The normalized spacial score (nSPS) is 16.7. The lowest BCUT2D eigenvalue weighted by atomic mass is 9.99. The zero-order valence-corrected chi connectivity index (χ0v) is 16.8. The molecule has 1 fully saturated rings. The quantitative estimate of drug-likeness (QED) is 0.447. The Morgan fingerprint density at radius 1 is 1.31 bits per heavy atom. The van der Waals surface area contributed by atoms with Crippen molar-refractivity contribution < 1.29 is 18.8 Å². The number of piperidine rings is 1. The molecule has 1 aliphatic heterocycles. The van der Waals surface area contributed by atoms with Gasteiger partial charge in [0.2, 0.25) is 5.28 Å². The molecule has 0 aliphatic carbocycles. The number of nitrogens with zero attached hydrogens (tertiary/aromatic N) is 3. The maximum absolute atomic E-state index is 11.2. The number of hydrogen-bond acceptors (Lipinski definition) is 5. The van der Waals surface area contributed by atoms with Crippen molar-refractivity contribution in [3.05, 3.63) is 28.0 Å². The second-order valence-corrected chi connectivity index (χ2v) is 9.46. The molecule has 0 spiro atoms. The van der Waals surface area contributed by atoms with Crippen molar-refractivity contribution in [3.63, 3.8) is 0 Å². The molecule has 1 saturated heterocycles. The van der Waals surface area contributed by atoms with Gasteiger partial charge in [0.05, 0.1) is 6.16 Å². The largest absolute Gasteiger partial charge is 0.450 e. The zero-order chi connectivity index (χ0) is 18.5. The van der Waals surface area contributed by atoms with E-state index in [-0.39, 0.29) is 17.4 Å². The summed E-state index contributed by atoms with van der Waals surface area (Å²) < 4.78 is 18.1. The Bertz CT molecular complexity index is 1030. The number of benzene rings is 1. The Balaban J connectivity index is 1.69. The highest BCUT2D eigenvalue weighted by atomic mass is 79.9. The standard InChI is InChI=1S/C16H16BrClN3O4P/c17-10-1-2-12-11(7-10)13-14(25-12)15(20-16(18)19-13)21-5-3-9(4-6-21)8-26(22,23)24/h1-2,7,9H,3-6,8H2,(H2,22,23,24). The molecule has 0 unspecified atom stereocenters. The number of hydrogen-bond donors (Lipinski definition) is 2. The van der Waals surface area contributed by atoms with Gasteiger partial charge in [-0.05, 0) is 48.6 Å². The maximum atomic E-state index is 11.2. The van der Waals surface area contributed by atoms with E-state index in [0.717, 1.165) is 9.86 Å². The van der Waals surface area contributed by atoms with Gasteiger partial charge in [0.25, 0.3) is 0 Å². The molecule has 138 valence electrons. The number of anilines is 1. The van der Waals surface area contributed by atoms with Crippen LogP contribution in [-0.4, -0.2) is 39.0 Å². The maximum Gasteiger partial charge on any atom is 0.325 e. The number of rotatable bonds is 3. The molecule has 7 nitrogen and oxygen atoms in total. The first-order valence-electron chi connectivity index (χ1n) is 8.15. The molecule has 0 amide bonds. The van der Waals surface area contributed by atoms with Crippen molar-refractivity contribution in [1.29, 1.82) is 0 Å². The van der Waals surface area contributed by atoms with E-state index in [4.69, 9.17) is 16.0 Å². The van der Waals surface area contributed by atoms with Crippen molar-refractivity contribution in [2.75, 3.05) is 24.2 Å². The van der Waals surface area contributed by atoms with E-state index < -0.39 is 7.60 Å². The van der Waals surface area contributed by atoms with Gasteiger partial charge in [-0.3, -0.25) is 4.57 Å². The van der Waals surface area contributed by atoms with Crippen LogP contribution in [-0.2, 0) is 4.57 Å². The minimum atomic E-state index is -3.99. The van der Waals surface area contributed by atoms with Crippen molar-refractivity contribution in [1.82, 2.24) is 9.97 Å². The van der Waals surface area contributed by atoms with Gasteiger partial charge in [-0.1, -0.05) is 15.9 Å². The molecule has 0 atom stereocenters. The molecular weight excluding hydrogens is 445 g/mol. The molecule has 2 aromatic heterocycles. The number of halogens is 2. The summed E-state index contributed by atoms with van der Waals surface area (Å²) in [6.45, 7) is 1.27. The highest BCUT2D eigenvalue weighted by Gasteiger charge is 2.28. The lowest BCUT2D eigenvalue weighted by Crippen LogP contribution is -2.35. The van der Waals surface area contributed by atoms with E-state index in [2.05, 4.69) is 25.9 Å². The third-order valence-corrected chi connectivity index (χ3v) is 6.29. The molecule has 0 bridgehead atoms. The van der Waals surface area contributed by atoms with E-state index >= 15 is 0 Å². The first kappa shape index (κ1) is 18.2. The van der Waals surface area contributed by atoms with Gasteiger partial charge < -0.3 is 19.1 Å². The second-order valence-electron chi connectivity index (χ2n) is 6.51. The Morgan fingerprint density at radius 3 is 2.73 bits per heavy atom. The summed E-state index contributed by atoms with van der Waals surface area (Å²) in [5.74, 6) is 0.633. The van der Waals surface area contributed by atoms with Crippen molar-refractivity contribution in [3.8, 4) is 0 Å². The van der Waals surface area contributed by atoms with Crippen LogP contribution in [0.2, 0.25) is 5.28 Å². The summed E-state index contributed by atoms with van der Waals surface area (Å²) in [5, 5.41) is 1.00. The van der Waals surface area contributed by atoms with Crippen molar-refractivity contribution in [2.24, 2.45) is 5.92 Å². The van der Waals surface area contributed by atoms with Crippen LogP contribution in [0.4, 0.5) is 5.82 Å².